The van der Waals surface area contributed by atoms with Gasteiger partial charge in [-0.05, 0) is 44.0 Å². The van der Waals surface area contributed by atoms with Crippen LogP contribution in [0.1, 0.15) is 10.4 Å². The first kappa shape index (κ1) is 13.5. The molecule has 88 valence electrons. The monoisotopic (exact) mass is 352 g/mol. The molecule has 1 rings (SSSR count). The van der Waals surface area contributed by atoms with E-state index >= 15 is 0 Å². The van der Waals surface area contributed by atoms with E-state index in [4.69, 9.17) is 14.6 Å². The molecule has 0 saturated carbocycles. The minimum Gasteiger partial charge on any atom is -0.489 e. The number of hydrogen-bond acceptors (Lipinski definition) is 3. The van der Waals surface area contributed by atoms with Crippen molar-refractivity contribution in [3.8, 4) is 5.75 Å². The van der Waals surface area contributed by atoms with Crippen molar-refractivity contribution in [2.75, 3.05) is 20.3 Å². The van der Waals surface area contributed by atoms with Gasteiger partial charge >= 0.3 is 5.97 Å². The van der Waals surface area contributed by atoms with Gasteiger partial charge in [0.15, 0.2) is 0 Å². The summed E-state index contributed by atoms with van der Waals surface area (Å²) in [5.41, 5.74) is 0.192. The van der Waals surface area contributed by atoms with Crippen molar-refractivity contribution in [1.82, 2.24) is 0 Å². The average molecular weight is 354 g/mol. The first-order valence-electron chi connectivity index (χ1n) is 4.40. The highest BCUT2D eigenvalue weighted by atomic mass is 79.9. The maximum atomic E-state index is 10.8. The summed E-state index contributed by atoms with van der Waals surface area (Å²) in [6.07, 6.45) is 0. The first-order chi connectivity index (χ1) is 7.56. The number of ether oxygens (including phenoxy) is 2. The molecule has 6 heteroatoms. The lowest BCUT2D eigenvalue weighted by molar-refractivity contribution is 0.0696. The Balaban J connectivity index is 2.89. The number of carboxylic acid groups (broad SMARTS) is 1. The van der Waals surface area contributed by atoms with E-state index in [2.05, 4.69) is 31.9 Å². The Kier molecular flexibility index (Phi) is 5.24. The second-order valence-corrected chi connectivity index (χ2v) is 4.62. The molecule has 4 nitrogen and oxygen atoms in total. The standard InChI is InChI=1S/C10H10Br2O4/c1-15-2-3-16-9-7(11)4-6(10(13)14)5-8(9)12/h4-5H,2-3H2,1H3,(H,13,14). The molecule has 0 amide bonds. The van der Waals surface area contributed by atoms with Crippen LogP contribution >= 0.6 is 31.9 Å². The summed E-state index contributed by atoms with van der Waals surface area (Å²) in [6, 6.07) is 2.99. The van der Waals surface area contributed by atoms with Gasteiger partial charge in [0.05, 0.1) is 21.1 Å². The van der Waals surface area contributed by atoms with E-state index in [-0.39, 0.29) is 5.56 Å². The zero-order valence-electron chi connectivity index (χ0n) is 8.50. The Hall–Kier alpha value is -0.590. The van der Waals surface area contributed by atoms with E-state index in [1.54, 1.807) is 7.11 Å². The van der Waals surface area contributed by atoms with Crippen LogP contribution in [0.3, 0.4) is 0 Å². The summed E-state index contributed by atoms with van der Waals surface area (Å²) in [5, 5.41) is 8.84. The van der Waals surface area contributed by atoms with Crippen LogP contribution in [0.15, 0.2) is 21.1 Å². The van der Waals surface area contributed by atoms with E-state index in [1.807, 2.05) is 0 Å². The normalized spacial score (nSPS) is 10.2. The van der Waals surface area contributed by atoms with Crippen molar-refractivity contribution in [1.29, 1.82) is 0 Å². The Morgan fingerprint density at radius 1 is 1.31 bits per heavy atom. The Morgan fingerprint density at radius 2 is 1.88 bits per heavy atom. The molecular formula is C10H10Br2O4. The molecule has 1 aromatic rings. The number of methoxy groups -OCH3 is 1. The molecule has 0 aliphatic heterocycles. The fraction of sp³-hybridized carbons (Fsp3) is 0.300. The molecule has 16 heavy (non-hydrogen) atoms. The quantitative estimate of drug-likeness (QED) is 0.827. The maximum Gasteiger partial charge on any atom is 0.335 e. The van der Waals surface area contributed by atoms with Crippen LogP contribution in [0.25, 0.3) is 0 Å². The molecule has 1 aromatic carbocycles. The van der Waals surface area contributed by atoms with Crippen molar-refractivity contribution in [3.05, 3.63) is 26.6 Å². The van der Waals surface area contributed by atoms with Gasteiger partial charge in [-0.25, -0.2) is 4.79 Å². The molecule has 0 heterocycles. The highest BCUT2D eigenvalue weighted by molar-refractivity contribution is 9.11. The fourth-order valence-electron chi connectivity index (χ4n) is 1.05. The third-order valence-electron chi connectivity index (χ3n) is 1.78. The minimum absolute atomic E-state index is 0.192. The van der Waals surface area contributed by atoms with Gasteiger partial charge in [-0.1, -0.05) is 0 Å². The number of rotatable bonds is 5. The Bertz CT molecular complexity index is 369. The fourth-order valence-corrected chi connectivity index (χ4v) is 2.46. The van der Waals surface area contributed by atoms with Gasteiger partial charge in [0.25, 0.3) is 0 Å². The van der Waals surface area contributed by atoms with E-state index in [0.29, 0.717) is 27.9 Å². The zero-order chi connectivity index (χ0) is 12.1. The zero-order valence-corrected chi connectivity index (χ0v) is 11.7. The van der Waals surface area contributed by atoms with Crippen molar-refractivity contribution in [3.63, 3.8) is 0 Å². The van der Waals surface area contributed by atoms with Crippen LogP contribution < -0.4 is 4.74 Å². The van der Waals surface area contributed by atoms with Gasteiger partial charge in [-0.15, -0.1) is 0 Å². The number of carboxylic acids is 1. The summed E-state index contributed by atoms with van der Waals surface area (Å²) in [6.45, 7) is 0.875. The second kappa shape index (κ2) is 6.22. The molecule has 0 aliphatic carbocycles. The molecule has 0 aromatic heterocycles. The second-order valence-electron chi connectivity index (χ2n) is 2.92. The van der Waals surface area contributed by atoms with Crippen LogP contribution in [-0.2, 0) is 4.74 Å². The van der Waals surface area contributed by atoms with Gasteiger partial charge in [-0.2, -0.15) is 0 Å². The minimum atomic E-state index is -0.982. The molecule has 0 atom stereocenters. The van der Waals surface area contributed by atoms with Crippen LogP contribution in [0.4, 0.5) is 0 Å². The van der Waals surface area contributed by atoms with Crippen molar-refractivity contribution < 1.29 is 19.4 Å². The van der Waals surface area contributed by atoms with Gasteiger partial charge in [0.2, 0.25) is 0 Å². The lowest BCUT2D eigenvalue weighted by Gasteiger charge is -2.10. The third-order valence-corrected chi connectivity index (χ3v) is 2.96. The van der Waals surface area contributed by atoms with Crippen LogP contribution in [0.5, 0.6) is 5.75 Å². The Morgan fingerprint density at radius 3 is 2.31 bits per heavy atom. The maximum absolute atomic E-state index is 10.8. The Labute approximate surface area is 110 Å². The van der Waals surface area contributed by atoms with Crippen molar-refractivity contribution in [2.45, 2.75) is 0 Å². The smallest absolute Gasteiger partial charge is 0.335 e. The SMILES string of the molecule is COCCOc1c(Br)cc(C(=O)O)cc1Br. The molecule has 0 unspecified atom stereocenters. The highest BCUT2D eigenvalue weighted by Gasteiger charge is 2.12. The van der Waals surface area contributed by atoms with E-state index < -0.39 is 5.97 Å². The predicted octanol–water partition coefficient (Wildman–Crippen LogP) is 2.94. The van der Waals surface area contributed by atoms with Gasteiger partial charge < -0.3 is 14.6 Å². The van der Waals surface area contributed by atoms with Crippen LogP contribution in [0.2, 0.25) is 0 Å². The summed E-state index contributed by atoms with van der Waals surface area (Å²) in [4.78, 5) is 10.8. The van der Waals surface area contributed by atoms with Crippen molar-refractivity contribution in [2.24, 2.45) is 0 Å². The van der Waals surface area contributed by atoms with Gasteiger partial charge in [-0.3, -0.25) is 0 Å². The average Bonchev–Trinajstić information content (AvgIpc) is 2.21. The highest BCUT2D eigenvalue weighted by Crippen LogP contribution is 2.34. The number of hydrogen-bond donors (Lipinski definition) is 1. The summed E-state index contributed by atoms with van der Waals surface area (Å²) >= 11 is 6.52. The number of aromatic carboxylic acids is 1. The molecule has 1 N–H and O–H groups in total. The van der Waals surface area contributed by atoms with Crippen molar-refractivity contribution >= 4 is 37.8 Å². The summed E-state index contributed by atoms with van der Waals surface area (Å²) in [5.74, 6) is -0.410. The molecule has 0 aliphatic rings. The molecule has 0 fully saturated rings. The summed E-state index contributed by atoms with van der Waals surface area (Å²) < 4.78 is 11.5. The van der Waals surface area contributed by atoms with Crippen LogP contribution in [0, 0.1) is 0 Å². The topological polar surface area (TPSA) is 55.8 Å². The molecule has 0 bridgehead atoms. The van der Waals surface area contributed by atoms with E-state index in [1.165, 1.54) is 12.1 Å². The molecule has 0 radical (unpaired) electrons. The summed E-state index contributed by atoms with van der Waals surface area (Å²) in [7, 11) is 1.58. The molecular weight excluding hydrogens is 344 g/mol. The number of halogens is 2. The van der Waals surface area contributed by atoms with Gasteiger partial charge in [0.1, 0.15) is 12.4 Å². The number of benzene rings is 1. The van der Waals surface area contributed by atoms with E-state index in [9.17, 15) is 4.79 Å². The largest absolute Gasteiger partial charge is 0.489 e. The number of carbonyl (C=O) groups is 1. The lowest BCUT2D eigenvalue weighted by Crippen LogP contribution is -2.06. The molecule has 0 spiro atoms. The van der Waals surface area contributed by atoms with Gasteiger partial charge in [0, 0.05) is 7.11 Å². The van der Waals surface area contributed by atoms with Crippen LogP contribution in [-0.4, -0.2) is 31.4 Å². The lowest BCUT2D eigenvalue weighted by atomic mass is 10.2. The predicted molar refractivity (Wildman–Crippen MR) is 66.2 cm³/mol. The third kappa shape index (κ3) is 3.47. The van der Waals surface area contributed by atoms with E-state index in [0.717, 1.165) is 0 Å². The first-order valence-corrected chi connectivity index (χ1v) is 5.99. The molecule has 0 saturated heterocycles.